The molecule has 0 bridgehead atoms. The van der Waals surface area contributed by atoms with Gasteiger partial charge in [-0.2, -0.15) is 0 Å². The van der Waals surface area contributed by atoms with Gasteiger partial charge in [-0.25, -0.2) is 9.78 Å². The minimum absolute atomic E-state index is 0.0607. The Labute approximate surface area is 152 Å². The van der Waals surface area contributed by atoms with Crippen molar-refractivity contribution in [2.75, 3.05) is 7.05 Å². The Morgan fingerprint density at radius 3 is 2.40 bits per heavy atom. The van der Waals surface area contributed by atoms with Crippen LogP contribution in [-0.2, 0) is 27.8 Å². The smallest absolute Gasteiger partial charge is 0.326 e. The SMILES string of the molecule is CN(C(=O)Cc1csc(C(C)(C)C)n1)C(Cc1ccccc1)C(=O)O. The van der Waals surface area contributed by atoms with Gasteiger partial charge in [0.25, 0.3) is 0 Å². The highest BCUT2D eigenvalue weighted by atomic mass is 32.1. The van der Waals surface area contributed by atoms with Gasteiger partial charge >= 0.3 is 5.97 Å². The van der Waals surface area contributed by atoms with Gasteiger partial charge in [-0.05, 0) is 5.56 Å². The first kappa shape index (κ1) is 19.1. The van der Waals surface area contributed by atoms with E-state index in [1.807, 2.05) is 35.7 Å². The summed E-state index contributed by atoms with van der Waals surface area (Å²) < 4.78 is 0. The lowest BCUT2D eigenvalue weighted by molar-refractivity contribution is -0.148. The van der Waals surface area contributed by atoms with Crippen molar-refractivity contribution in [3.05, 3.63) is 52.0 Å². The number of aliphatic carboxylic acids is 1. The summed E-state index contributed by atoms with van der Waals surface area (Å²) in [4.78, 5) is 30.0. The summed E-state index contributed by atoms with van der Waals surface area (Å²) in [6.45, 7) is 6.22. The van der Waals surface area contributed by atoms with Crippen molar-refractivity contribution in [1.29, 1.82) is 0 Å². The van der Waals surface area contributed by atoms with Gasteiger partial charge in [0.05, 0.1) is 17.1 Å². The van der Waals surface area contributed by atoms with E-state index in [9.17, 15) is 14.7 Å². The van der Waals surface area contributed by atoms with Crippen LogP contribution in [0.1, 0.15) is 37.0 Å². The number of carboxylic acids is 1. The van der Waals surface area contributed by atoms with Crippen LogP contribution in [0.3, 0.4) is 0 Å². The third-order valence-electron chi connectivity index (χ3n) is 3.94. The number of benzene rings is 1. The van der Waals surface area contributed by atoms with E-state index in [1.54, 1.807) is 7.05 Å². The molecule has 0 spiro atoms. The molecule has 25 heavy (non-hydrogen) atoms. The molecule has 1 amide bonds. The molecular formula is C19H24N2O3S. The molecule has 1 heterocycles. The molecule has 5 nitrogen and oxygen atoms in total. The molecule has 0 radical (unpaired) electrons. The average Bonchev–Trinajstić information content (AvgIpc) is 3.01. The molecule has 0 saturated carbocycles. The van der Waals surface area contributed by atoms with Gasteiger partial charge in [-0.1, -0.05) is 51.1 Å². The summed E-state index contributed by atoms with van der Waals surface area (Å²) in [6.07, 6.45) is 0.393. The summed E-state index contributed by atoms with van der Waals surface area (Å²) in [5.74, 6) is -1.25. The van der Waals surface area contributed by atoms with E-state index < -0.39 is 12.0 Å². The monoisotopic (exact) mass is 360 g/mol. The van der Waals surface area contributed by atoms with Crippen molar-refractivity contribution in [1.82, 2.24) is 9.88 Å². The number of aromatic nitrogens is 1. The molecule has 0 aliphatic carbocycles. The Bertz CT molecular complexity index is 735. The van der Waals surface area contributed by atoms with Crippen molar-refractivity contribution in [3.63, 3.8) is 0 Å². The quantitative estimate of drug-likeness (QED) is 0.859. The third kappa shape index (κ3) is 5.13. The molecule has 134 valence electrons. The zero-order valence-electron chi connectivity index (χ0n) is 15.0. The second kappa shape index (κ2) is 7.78. The van der Waals surface area contributed by atoms with Gasteiger partial charge in [0.1, 0.15) is 6.04 Å². The Morgan fingerprint density at radius 1 is 1.24 bits per heavy atom. The normalized spacial score (nSPS) is 12.6. The van der Waals surface area contributed by atoms with Gasteiger partial charge in [-0.3, -0.25) is 4.79 Å². The van der Waals surface area contributed by atoms with E-state index in [4.69, 9.17) is 0 Å². The first-order valence-electron chi connectivity index (χ1n) is 8.15. The number of carbonyl (C=O) groups excluding carboxylic acids is 1. The zero-order chi connectivity index (χ0) is 18.6. The van der Waals surface area contributed by atoms with Gasteiger partial charge in [0.15, 0.2) is 0 Å². The van der Waals surface area contributed by atoms with Gasteiger partial charge < -0.3 is 10.0 Å². The molecule has 6 heteroatoms. The summed E-state index contributed by atoms with van der Waals surface area (Å²) in [5, 5.41) is 12.4. The standard InChI is InChI=1S/C19H24N2O3S/c1-19(2,3)18-20-14(12-25-18)11-16(22)21(4)15(17(23)24)10-13-8-6-5-7-9-13/h5-9,12,15H,10-11H2,1-4H3,(H,23,24). The summed E-state index contributed by atoms with van der Waals surface area (Å²) in [6, 6.07) is 8.44. The lowest BCUT2D eigenvalue weighted by Gasteiger charge is -2.25. The number of amides is 1. The summed E-state index contributed by atoms with van der Waals surface area (Å²) >= 11 is 1.53. The second-order valence-electron chi connectivity index (χ2n) is 7.12. The lowest BCUT2D eigenvalue weighted by atomic mass is 9.98. The van der Waals surface area contributed by atoms with E-state index in [1.165, 1.54) is 16.2 Å². The minimum atomic E-state index is -1.01. The van der Waals surface area contributed by atoms with Crippen LogP contribution >= 0.6 is 11.3 Å². The minimum Gasteiger partial charge on any atom is -0.480 e. The molecule has 2 rings (SSSR count). The number of nitrogens with zero attached hydrogens (tertiary/aromatic N) is 2. The maximum Gasteiger partial charge on any atom is 0.326 e. The topological polar surface area (TPSA) is 70.5 Å². The summed E-state index contributed by atoms with van der Waals surface area (Å²) in [5.41, 5.74) is 1.52. The highest BCUT2D eigenvalue weighted by molar-refractivity contribution is 7.09. The first-order chi connectivity index (χ1) is 11.7. The Morgan fingerprint density at radius 2 is 1.88 bits per heavy atom. The molecule has 1 unspecified atom stereocenters. The predicted molar refractivity (Wildman–Crippen MR) is 98.9 cm³/mol. The van der Waals surface area contributed by atoms with Gasteiger partial charge in [0, 0.05) is 24.3 Å². The molecule has 0 aliphatic rings. The molecule has 0 fully saturated rings. The number of rotatable bonds is 6. The van der Waals surface area contributed by atoms with Crippen LogP contribution in [0.4, 0.5) is 0 Å². The van der Waals surface area contributed by atoms with Crippen LogP contribution in [0, 0.1) is 0 Å². The fourth-order valence-electron chi connectivity index (χ4n) is 2.41. The number of hydrogen-bond donors (Lipinski definition) is 1. The van der Waals surface area contributed by atoms with E-state index in [0.717, 1.165) is 10.6 Å². The van der Waals surface area contributed by atoms with Crippen LogP contribution in [0.25, 0.3) is 0 Å². The fraction of sp³-hybridized carbons (Fsp3) is 0.421. The van der Waals surface area contributed by atoms with E-state index in [2.05, 4.69) is 25.8 Å². The highest BCUT2D eigenvalue weighted by Crippen LogP contribution is 2.25. The third-order valence-corrected chi connectivity index (χ3v) is 5.26. The number of hydrogen-bond acceptors (Lipinski definition) is 4. The van der Waals surface area contributed by atoms with Crippen molar-refractivity contribution in [2.45, 2.75) is 45.1 Å². The Kier molecular flexibility index (Phi) is 5.95. The lowest BCUT2D eigenvalue weighted by Crippen LogP contribution is -2.44. The van der Waals surface area contributed by atoms with Crippen molar-refractivity contribution < 1.29 is 14.7 Å². The van der Waals surface area contributed by atoms with Gasteiger partial charge in [0.2, 0.25) is 5.91 Å². The molecular weight excluding hydrogens is 336 g/mol. The number of likely N-dealkylation sites (N-methyl/N-ethyl adjacent to an activating group) is 1. The largest absolute Gasteiger partial charge is 0.480 e. The molecule has 1 N–H and O–H groups in total. The molecule has 0 saturated heterocycles. The average molecular weight is 360 g/mol. The van der Waals surface area contributed by atoms with Gasteiger partial charge in [-0.15, -0.1) is 11.3 Å². The fourth-order valence-corrected chi connectivity index (χ4v) is 3.32. The van der Waals surface area contributed by atoms with Crippen LogP contribution in [0.15, 0.2) is 35.7 Å². The molecule has 1 aromatic heterocycles. The number of carboxylic acid groups (broad SMARTS) is 1. The van der Waals surface area contributed by atoms with Crippen molar-refractivity contribution in [2.24, 2.45) is 0 Å². The Hall–Kier alpha value is -2.21. The van der Waals surface area contributed by atoms with Crippen molar-refractivity contribution >= 4 is 23.2 Å². The van der Waals surface area contributed by atoms with E-state index in [-0.39, 0.29) is 24.2 Å². The molecule has 1 atom stereocenters. The Balaban J connectivity index is 2.08. The van der Waals surface area contributed by atoms with Crippen LogP contribution in [0.5, 0.6) is 0 Å². The zero-order valence-corrected chi connectivity index (χ0v) is 15.8. The first-order valence-corrected chi connectivity index (χ1v) is 9.03. The summed E-state index contributed by atoms with van der Waals surface area (Å²) in [7, 11) is 1.54. The van der Waals surface area contributed by atoms with Crippen LogP contribution in [-0.4, -0.2) is 40.0 Å². The van der Waals surface area contributed by atoms with E-state index >= 15 is 0 Å². The van der Waals surface area contributed by atoms with E-state index in [0.29, 0.717) is 5.69 Å². The predicted octanol–water partition coefficient (Wildman–Crippen LogP) is 3.14. The maximum atomic E-state index is 12.5. The molecule has 2 aromatic rings. The van der Waals surface area contributed by atoms with Crippen molar-refractivity contribution in [3.8, 4) is 0 Å². The molecule has 0 aliphatic heterocycles. The van der Waals surface area contributed by atoms with Crippen LogP contribution < -0.4 is 0 Å². The number of thiazole rings is 1. The second-order valence-corrected chi connectivity index (χ2v) is 7.98. The van der Waals surface area contributed by atoms with Crippen LogP contribution in [0.2, 0.25) is 0 Å². The maximum absolute atomic E-state index is 12.5. The molecule has 1 aromatic carbocycles. The highest BCUT2D eigenvalue weighted by Gasteiger charge is 2.27. The number of carbonyl (C=O) groups is 2.